The van der Waals surface area contributed by atoms with Gasteiger partial charge in [-0.25, -0.2) is 0 Å². The van der Waals surface area contributed by atoms with E-state index in [0.29, 0.717) is 0 Å². The summed E-state index contributed by atoms with van der Waals surface area (Å²) in [6.07, 6.45) is 0. The fourth-order valence-electron chi connectivity index (χ4n) is 7.70. The van der Waals surface area contributed by atoms with Crippen LogP contribution in [0, 0.1) is 0 Å². The molecule has 0 N–H and O–H groups in total. The van der Waals surface area contributed by atoms with Crippen molar-refractivity contribution in [2.24, 2.45) is 0 Å². The molecule has 0 radical (unpaired) electrons. The molecule has 1 nitrogen and oxygen atoms in total. The monoisotopic (exact) mass is 593 g/mol. The summed E-state index contributed by atoms with van der Waals surface area (Å²) in [5, 5.41) is 0.757. The summed E-state index contributed by atoms with van der Waals surface area (Å²) >= 11 is 6.77. The molecule has 0 saturated heterocycles. The fourth-order valence-corrected chi connectivity index (χ4v) is 7.87. The quantitative estimate of drug-likeness (QED) is 0.196. The van der Waals surface area contributed by atoms with E-state index in [2.05, 4.69) is 169 Å². The summed E-state index contributed by atoms with van der Waals surface area (Å²) in [5.74, 6) is 0. The molecule has 2 aliphatic rings. The normalized spacial score (nSPS) is 15.3. The molecule has 212 valence electrons. The Morgan fingerprint density at radius 2 is 0.822 bits per heavy atom. The van der Waals surface area contributed by atoms with Gasteiger partial charge in [-0.2, -0.15) is 0 Å². The lowest BCUT2D eigenvalue weighted by atomic mass is 9.70. The van der Waals surface area contributed by atoms with E-state index in [1.54, 1.807) is 0 Å². The van der Waals surface area contributed by atoms with E-state index in [1.165, 1.54) is 55.6 Å². The van der Waals surface area contributed by atoms with Gasteiger partial charge in [-0.05, 0) is 104 Å². The Labute approximate surface area is 268 Å². The summed E-state index contributed by atoms with van der Waals surface area (Å²) in [7, 11) is 0. The van der Waals surface area contributed by atoms with Crippen molar-refractivity contribution in [3.05, 3.63) is 197 Å². The van der Waals surface area contributed by atoms with Crippen LogP contribution in [0.5, 0.6) is 0 Å². The number of fused-ring (bicyclic) bond motifs is 10. The van der Waals surface area contributed by atoms with Gasteiger partial charge in [0.1, 0.15) is 0 Å². The average Bonchev–Trinajstić information content (AvgIpc) is 3.56. The SMILES string of the molecule is Clc1ccc2c(c1)[C@@]1(c3ccccc3-2)c2ccccc2-c2ccc(N(c3ccccc3)c3ccc(-c4ccccc4)cc3)cc21. The standard InChI is InChI=1S/C43H28ClN/c44-31-21-25-37-35-15-7-9-17-39(35)43(41(37)27-31)40-18-10-8-16-36(40)38-26-24-34(28-42(38)43)45(32-13-5-2-6-14-32)33-22-19-30(20-23-33)29-11-3-1-4-12-29/h1-28H/t43-/m1/s1. The molecule has 7 aromatic rings. The lowest BCUT2D eigenvalue weighted by Gasteiger charge is -2.32. The summed E-state index contributed by atoms with van der Waals surface area (Å²) in [6, 6.07) is 61.3. The van der Waals surface area contributed by atoms with Crippen molar-refractivity contribution in [3.63, 3.8) is 0 Å². The van der Waals surface area contributed by atoms with Gasteiger partial charge in [0.25, 0.3) is 0 Å². The van der Waals surface area contributed by atoms with E-state index in [0.717, 1.165) is 22.1 Å². The highest BCUT2D eigenvalue weighted by Gasteiger charge is 2.51. The number of halogens is 1. The van der Waals surface area contributed by atoms with Crippen LogP contribution in [-0.4, -0.2) is 0 Å². The highest BCUT2D eigenvalue weighted by Crippen LogP contribution is 2.63. The zero-order valence-corrected chi connectivity index (χ0v) is 25.2. The molecule has 0 heterocycles. The second-order valence-electron chi connectivity index (χ2n) is 11.8. The average molecular weight is 594 g/mol. The number of nitrogens with zero attached hydrogens (tertiary/aromatic N) is 1. The van der Waals surface area contributed by atoms with Crippen molar-refractivity contribution in [3.8, 4) is 33.4 Å². The molecule has 45 heavy (non-hydrogen) atoms. The fraction of sp³-hybridized carbons (Fsp3) is 0.0233. The largest absolute Gasteiger partial charge is 0.310 e. The van der Waals surface area contributed by atoms with Crippen LogP contribution in [0.4, 0.5) is 17.1 Å². The van der Waals surface area contributed by atoms with Crippen molar-refractivity contribution < 1.29 is 0 Å². The van der Waals surface area contributed by atoms with E-state index < -0.39 is 5.41 Å². The maximum atomic E-state index is 6.77. The highest BCUT2D eigenvalue weighted by molar-refractivity contribution is 6.30. The molecular formula is C43H28ClN. The molecule has 0 bridgehead atoms. The maximum Gasteiger partial charge on any atom is 0.0726 e. The topological polar surface area (TPSA) is 3.24 Å². The lowest BCUT2D eigenvalue weighted by Crippen LogP contribution is -2.26. The van der Waals surface area contributed by atoms with Crippen LogP contribution in [-0.2, 0) is 5.41 Å². The molecule has 0 amide bonds. The predicted molar refractivity (Wildman–Crippen MR) is 188 cm³/mol. The number of para-hydroxylation sites is 1. The molecule has 2 heteroatoms. The van der Waals surface area contributed by atoms with Gasteiger partial charge >= 0.3 is 0 Å². The molecule has 9 rings (SSSR count). The van der Waals surface area contributed by atoms with E-state index in [-0.39, 0.29) is 0 Å². The molecule has 1 spiro atoms. The second kappa shape index (κ2) is 10.1. The van der Waals surface area contributed by atoms with Crippen LogP contribution in [0.15, 0.2) is 170 Å². The number of anilines is 3. The minimum atomic E-state index is -0.460. The first kappa shape index (κ1) is 26.1. The number of rotatable bonds is 4. The first-order valence-corrected chi connectivity index (χ1v) is 15.8. The van der Waals surface area contributed by atoms with Crippen molar-refractivity contribution in [2.45, 2.75) is 5.41 Å². The Hall–Kier alpha value is -5.37. The van der Waals surface area contributed by atoms with Gasteiger partial charge in [-0.3, -0.25) is 0 Å². The van der Waals surface area contributed by atoms with Gasteiger partial charge in [0.2, 0.25) is 0 Å². The molecule has 2 aliphatic carbocycles. The Balaban J connectivity index is 1.29. The lowest BCUT2D eigenvalue weighted by molar-refractivity contribution is 0.793. The van der Waals surface area contributed by atoms with Gasteiger partial charge in [-0.1, -0.05) is 133 Å². The van der Waals surface area contributed by atoms with Crippen molar-refractivity contribution in [1.29, 1.82) is 0 Å². The van der Waals surface area contributed by atoms with Crippen LogP contribution >= 0.6 is 11.6 Å². The summed E-state index contributed by atoms with van der Waals surface area (Å²) in [6.45, 7) is 0. The summed E-state index contributed by atoms with van der Waals surface area (Å²) in [5.41, 5.74) is 15.5. The number of hydrogen-bond donors (Lipinski definition) is 0. The summed E-state index contributed by atoms with van der Waals surface area (Å²) < 4.78 is 0. The first-order chi connectivity index (χ1) is 22.2. The molecule has 0 saturated carbocycles. The van der Waals surface area contributed by atoms with Crippen LogP contribution < -0.4 is 4.90 Å². The van der Waals surface area contributed by atoms with Gasteiger partial charge in [0.15, 0.2) is 0 Å². The van der Waals surface area contributed by atoms with Crippen LogP contribution in [0.1, 0.15) is 22.3 Å². The van der Waals surface area contributed by atoms with Crippen LogP contribution in [0.25, 0.3) is 33.4 Å². The molecule has 0 aromatic heterocycles. The molecule has 0 aliphatic heterocycles. The first-order valence-electron chi connectivity index (χ1n) is 15.4. The number of hydrogen-bond acceptors (Lipinski definition) is 1. The third kappa shape index (κ3) is 3.81. The van der Waals surface area contributed by atoms with Crippen LogP contribution in [0.2, 0.25) is 5.02 Å². The smallest absolute Gasteiger partial charge is 0.0726 e. The molecular weight excluding hydrogens is 566 g/mol. The Kier molecular flexibility index (Phi) is 5.84. The van der Waals surface area contributed by atoms with Crippen LogP contribution in [0.3, 0.4) is 0 Å². The van der Waals surface area contributed by atoms with E-state index in [4.69, 9.17) is 11.6 Å². The third-order valence-corrected chi connectivity index (χ3v) is 9.78. The predicted octanol–water partition coefficient (Wildman–Crippen LogP) is 11.8. The highest BCUT2D eigenvalue weighted by atomic mass is 35.5. The second-order valence-corrected chi connectivity index (χ2v) is 12.3. The Morgan fingerprint density at radius 1 is 0.356 bits per heavy atom. The van der Waals surface area contributed by atoms with E-state index in [1.807, 2.05) is 6.07 Å². The van der Waals surface area contributed by atoms with Gasteiger partial charge < -0.3 is 4.90 Å². The Morgan fingerprint density at radius 3 is 1.49 bits per heavy atom. The van der Waals surface area contributed by atoms with Gasteiger partial charge in [-0.15, -0.1) is 0 Å². The molecule has 1 atom stereocenters. The third-order valence-electron chi connectivity index (χ3n) is 9.54. The Bertz CT molecular complexity index is 2210. The molecule has 7 aromatic carbocycles. The number of benzene rings is 7. The minimum absolute atomic E-state index is 0.460. The maximum absolute atomic E-state index is 6.77. The van der Waals surface area contributed by atoms with Gasteiger partial charge in [0.05, 0.1) is 5.41 Å². The van der Waals surface area contributed by atoms with Crippen molar-refractivity contribution in [2.75, 3.05) is 4.90 Å². The zero-order valence-electron chi connectivity index (χ0n) is 24.5. The van der Waals surface area contributed by atoms with E-state index >= 15 is 0 Å². The van der Waals surface area contributed by atoms with Crippen molar-refractivity contribution in [1.82, 2.24) is 0 Å². The van der Waals surface area contributed by atoms with Gasteiger partial charge in [0, 0.05) is 22.1 Å². The molecule has 0 fully saturated rings. The van der Waals surface area contributed by atoms with Crippen molar-refractivity contribution >= 4 is 28.7 Å². The summed E-state index contributed by atoms with van der Waals surface area (Å²) in [4.78, 5) is 2.37. The van der Waals surface area contributed by atoms with E-state index in [9.17, 15) is 0 Å². The molecule has 0 unspecified atom stereocenters. The minimum Gasteiger partial charge on any atom is -0.310 e. The zero-order chi connectivity index (χ0) is 30.0.